The Balaban J connectivity index is 1.56. The quantitative estimate of drug-likeness (QED) is 0.631. The van der Waals surface area contributed by atoms with E-state index < -0.39 is 0 Å². The Morgan fingerprint density at radius 1 is 1.22 bits per heavy atom. The second-order valence-electron chi connectivity index (χ2n) is 6.87. The lowest BCUT2D eigenvalue weighted by Gasteiger charge is -2.15. The smallest absolute Gasteiger partial charge is 0.327 e. The van der Waals surface area contributed by atoms with E-state index in [0.717, 1.165) is 35.6 Å². The standard InChI is InChI=1S/C17H21N3O3/c1-10-8-13(11(2)20(10)12-5-6-12)15(21)9-19-16(22)14-4-3-7-18(14)17(19)23/h8,12,14H,3-7,9H2,1-2H3. The topological polar surface area (TPSA) is 62.6 Å². The second-order valence-corrected chi connectivity index (χ2v) is 6.87. The van der Waals surface area contributed by atoms with E-state index in [4.69, 9.17) is 0 Å². The Morgan fingerprint density at radius 3 is 2.61 bits per heavy atom. The van der Waals surface area contributed by atoms with E-state index in [-0.39, 0.29) is 30.3 Å². The van der Waals surface area contributed by atoms with E-state index in [1.54, 1.807) is 4.90 Å². The van der Waals surface area contributed by atoms with Crippen molar-refractivity contribution in [2.45, 2.75) is 51.6 Å². The van der Waals surface area contributed by atoms with E-state index in [1.807, 2.05) is 19.9 Å². The molecule has 3 heterocycles. The van der Waals surface area contributed by atoms with Gasteiger partial charge < -0.3 is 9.47 Å². The molecule has 1 unspecified atom stereocenters. The first kappa shape index (κ1) is 14.5. The van der Waals surface area contributed by atoms with Gasteiger partial charge in [-0.3, -0.25) is 14.5 Å². The van der Waals surface area contributed by atoms with Crippen LogP contribution in [0, 0.1) is 13.8 Å². The number of Topliss-reactive ketones (excluding diaryl/α,β-unsaturated/α-hetero) is 1. The van der Waals surface area contributed by atoms with Crippen LogP contribution in [0.1, 0.15) is 53.5 Å². The molecule has 1 aromatic rings. The number of nitrogens with zero attached hydrogens (tertiary/aromatic N) is 3. The summed E-state index contributed by atoms with van der Waals surface area (Å²) in [5.41, 5.74) is 2.67. The molecule has 1 aliphatic carbocycles. The number of carbonyl (C=O) groups is 3. The van der Waals surface area contributed by atoms with Gasteiger partial charge >= 0.3 is 6.03 Å². The van der Waals surface area contributed by atoms with Gasteiger partial charge in [0.05, 0.1) is 6.54 Å². The van der Waals surface area contributed by atoms with Crippen LogP contribution < -0.4 is 0 Å². The van der Waals surface area contributed by atoms with Crippen molar-refractivity contribution < 1.29 is 14.4 Å². The Kier molecular flexibility index (Phi) is 3.11. The van der Waals surface area contributed by atoms with Crippen LogP contribution in [-0.4, -0.2) is 51.2 Å². The summed E-state index contributed by atoms with van der Waals surface area (Å²) in [7, 11) is 0. The van der Waals surface area contributed by atoms with Crippen LogP contribution in [0.3, 0.4) is 0 Å². The average molecular weight is 315 g/mol. The molecule has 0 bridgehead atoms. The zero-order chi connectivity index (χ0) is 16.3. The molecular weight excluding hydrogens is 294 g/mol. The summed E-state index contributed by atoms with van der Waals surface area (Å²) in [5, 5.41) is 0. The monoisotopic (exact) mass is 315 g/mol. The number of aryl methyl sites for hydroxylation is 1. The lowest BCUT2D eigenvalue weighted by molar-refractivity contribution is -0.127. The molecule has 0 radical (unpaired) electrons. The van der Waals surface area contributed by atoms with Crippen molar-refractivity contribution in [1.82, 2.24) is 14.4 Å². The highest BCUT2D eigenvalue weighted by atomic mass is 16.2. The van der Waals surface area contributed by atoms with Crippen LogP contribution >= 0.6 is 0 Å². The normalized spacial score (nSPS) is 23.8. The fourth-order valence-corrected chi connectivity index (χ4v) is 4.01. The first-order valence-electron chi connectivity index (χ1n) is 8.32. The van der Waals surface area contributed by atoms with E-state index >= 15 is 0 Å². The molecule has 3 amide bonds. The number of hydrogen-bond donors (Lipinski definition) is 0. The highest BCUT2D eigenvalue weighted by molar-refractivity contribution is 6.09. The van der Waals surface area contributed by atoms with Crippen molar-refractivity contribution in [2.24, 2.45) is 0 Å². The molecule has 122 valence electrons. The van der Waals surface area contributed by atoms with Gasteiger partial charge in [0.2, 0.25) is 0 Å². The Bertz CT molecular complexity index is 695. The molecule has 0 N–H and O–H groups in total. The van der Waals surface area contributed by atoms with Crippen LogP contribution in [0.15, 0.2) is 6.07 Å². The molecule has 1 saturated carbocycles. The highest BCUT2D eigenvalue weighted by Gasteiger charge is 2.47. The van der Waals surface area contributed by atoms with E-state index in [0.29, 0.717) is 24.6 Å². The predicted molar refractivity (Wildman–Crippen MR) is 83.3 cm³/mol. The minimum Gasteiger partial charge on any atom is -0.345 e. The number of aromatic nitrogens is 1. The number of rotatable bonds is 4. The number of amides is 3. The molecule has 6 heteroatoms. The van der Waals surface area contributed by atoms with Crippen LogP contribution in [0.4, 0.5) is 4.79 Å². The second kappa shape index (κ2) is 4.94. The van der Waals surface area contributed by atoms with Crippen LogP contribution in [0.25, 0.3) is 0 Å². The molecule has 6 nitrogen and oxygen atoms in total. The molecule has 2 saturated heterocycles. The maximum Gasteiger partial charge on any atom is 0.327 e. The van der Waals surface area contributed by atoms with Crippen molar-refractivity contribution in [3.8, 4) is 0 Å². The Hall–Kier alpha value is -2.11. The first-order chi connectivity index (χ1) is 11.0. The van der Waals surface area contributed by atoms with Crippen LogP contribution in [0.2, 0.25) is 0 Å². The molecule has 4 rings (SSSR count). The summed E-state index contributed by atoms with van der Waals surface area (Å²) in [6.07, 6.45) is 3.89. The van der Waals surface area contributed by atoms with Crippen molar-refractivity contribution >= 4 is 17.7 Å². The Morgan fingerprint density at radius 2 is 1.96 bits per heavy atom. The van der Waals surface area contributed by atoms with Gasteiger partial charge in [-0.25, -0.2) is 4.79 Å². The summed E-state index contributed by atoms with van der Waals surface area (Å²) in [6, 6.07) is 1.76. The first-order valence-corrected chi connectivity index (χ1v) is 8.32. The maximum absolute atomic E-state index is 12.7. The van der Waals surface area contributed by atoms with Crippen molar-refractivity contribution in [3.05, 3.63) is 23.0 Å². The molecule has 2 aliphatic heterocycles. The van der Waals surface area contributed by atoms with Gasteiger partial charge in [0.25, 0.3) is 5.91 Å². The van der Waals surface area contributed by atoms with Gasteiger partial charge in [-0.05, 0) is 45.6 Å². The fraction of sp³-hybridized carbons (Fsp3) is 0.588. The predicted octanol–water partition coefficient (Wildman–Crippen LogP) is 2.05. The Labute approximate surface area is 135 Å². The zero-order valence-electron chi connectivity index (χ0n) is 13.5. The fourth-order valence-electron chi connectivity index (χ4n) is 4.01. The third-order valence-electron chi connectivity index (χ3n) is 5.28. The minimum atomic E-state index is -0.339. The van der Waals surface area contributed by atoms with Crippen molar-refractivity contribution in [3.63, 3.8) is 0 Å². The lowest BCUT2D eigenvalue weighted by atomic mass is 10.1. The van der Waals surface area contributed by atoms with E-state index in [1.165, 1.54) is 0 Å². The van der Waals surface area contributed by atoms with Gasteiger partial charge in [0.1, 0.15) is 6.04 Å². The summed E-state index contributed by atoms with van der Waals surface area (Å²) in [5.74, 6) is -0.357. The van der Waals surface area contributed by atoms with Crippen LogP contribution in [0.5, 0.6) is 0 Å². The van der Waals surface area contributed by atoms with Gasteiger partial charge in [0, 0.05) is 29.5 Å². The molecule has 1 aromatic heterocycles. The summed E-state index contributed by atoms with van der Waals surface area (Å²) in [6.45, 7) is 4.44. The number of carbonyl (C=O) groups excluding carboxylic acids is 3. The highest BCUT2D eigenvalue weighted by Crippen LogP contribution is 2.38. The van der Waals surface area contributed by atoms with Gasteiger partial charge in [-0.15, -0.1) is 0 Å². The minimum absolute atomic E-state index is 0.139. The number of urea groups is 1. The number of fused-ring (bicyclic) bond motifs is 1. The molecular formula is C17H21N3O3. The average Bonchev–Trinajstić information content (AvgIpc) is 3.06. The molecule has 0 spiro atoms. The summed E-state index contributed by atoms with van der Waals surface area (Å²) < 4.78 is 2.21. The lowest BCUT2D eigenvalue weighted by Crippen LogP contribution is -2.37. The van der Waals surface area contributed by atoms with E-state index in [2.05, 4.69) is 4.57 Å². The zero-order valence-corrected chi connectivity index (χ0v) is 13.5. The van der Waals surface area contributed by atoms with Gasteiger partial charge in [0.15, 0.2) is 5.78 Å². The summed E-state index contributed by atoms with van der Waals surface area (Å²) in [4.78, 5) is 40.1. The van der Waals surface area contributed by atoms with Crippen molar-refractivity contribution in [2.75, 3.05) is 13.1 Å². The summed E-state index contributed by atoms with van der Waals surface area (Å²) >= 11 is 0. The number of imide groups is 1. The third-order valence-corrected chi connectivity index (χ3v) is 5.28. The SMILES string of the molecule is Cc1cc(C(=O)CN2C(=O)C3CCCN3C2=O)c(C)n1C1CC1. The molecule has 0 aromatic carbocycles. The van der Waals surface area contributed by atoms with Crippen LogP contribution in [-0.2, 0) is 4.79 Å². The number of ketones is 1. The molecule has 3 aliphatic rings. The maximum atomic E-state index is 12.7. The van der Waals surface area contributed by atoms with Crippen molar-refractivity contribution in [1.29, 1.82) is 0 Å². The van der Waals surface area contributed by atoms with E-state index in [9.17, 15) is 14.4 Å². The molecule has 3 fully saturated rings. The third kappa shape index (κ3) is 2.11. The number of hydrogen-bond acceptors (Lipinski definition) is 3. The molecule has 23 heavy (non-hydrogen) atoms. The largest absolute Gasteiger partial charge is 0.345 e. The van der Waals surface area contributed by atoms with Gasteiger partial charge in [-0.2, -0.15) is 0 Å². The molecule has 1 atom stereocenters. The van der Waals surface area contributed by atoms with Gasteiger partial charge in [-0.1, -0.05) is 0 Å².